The smallest absolute Gasteiger partial charge is 0.259 e. The number of benzene rings is 2. The molecule has 0 aromatic heterocycles. The summed E-state index contributed by atoms with van der Waals surface area (Å²) in [5.74, 6) is 0.925. The maximum atomic E-state index is 12.7. The van der Waals surface area contributed by atoms with Crippen molar-refractivity contribution in [2.24, 2.45) is 0 Å². The van der Waals surface area contributed by atoms with Gasteiger partial charge in [-0.05, 0) is 43.7 Å². The Kier molecular flexibility index (Phi) is 4.15. The Hall–Kier alpha value is -2.82. The second-order valence-electron chi connectivity index (χ2n) is 6.99. The number of para-hydroxylation sites is 1. The first kappa shape index (κ1) is 16.6. The lowest BCUT2D eigenvalue weighted by molar-refractivity contribution is -0.117. The summed E-state index contributed by atoms with van der Waals surface area (Å²) in [6, 6.07) is 13.1. The van der Waals surface area contributed by atoms with Gasteiger partial charge in [0.2, 0.25) is 5.91 Å². The van der Waals surface area contributed by atoms with E-state index in [9.17, 15) is 9.59 Å². The fourth-order valence-electron chi connectivity index (χ4n) is 3.61. The van der Waals surface area contributed by atoms with Crippen LogP contribution < -0.4 is 15.0 Å². The van der Waals surface area contributed by atoms with Crippen molar-refractivity contribution in [1.82, 2.24) is 0 Å². The lowest BCUT2D eigenvalue weighted by Gasteiger charge is -2.16. The van der Waals surface area contributed by atoms with E-state index in [4.69, 9.17) is 4.74 Å². The van der Waals surface area contributed by atoms with Crippen molar-refractivity contribution in [2.75, 3.05) is 16.8 Å². The summed E-state index contributed by atoms with van der Waals surface area (Å²) in [6.45, 7) is 4.88. The van der Waals surface area contributed by atoms with Crippen LogP contribution in [0, 0.1) is 0 Å². The molecule has 0 saturated carbocycles. The van der Waals surface area contributed by atoms with Gasteiger partial charge in [0.25, 0.3) is 5.91 Å². The number of carbonyl (C=O) groups is 2. The summed E-state index contributed by atoms with van der Waals surface area (Å²) in [7, 11) is 0. The van der Waals surface area contributed by atoms with E-state index in [-0.39, 0.29) is 23.8 Å². The fraction of sp³-hybridized carbons (Fsp3) is 0.333. The molecule has 0 unspecified atom stereocenters. The topological polar surface area (TPSA) is 58.6 Å². The van der Waals surface area contributed by atoms with Crippen LogP contribution in [0.2, 0.25) is 0 Å². The Morgan fingerprint density at radius 3 is 2.62 bits per heavy atom. The summed E-state index contributed by atoms with van der Waals surface area (Å²) in [5.41, 5.74) is 3.20. The van der Waals surface area contributed by atoms with Gasteiger partial charge < -0.3 is 15.0 Å². The number of ether oxygens (including phenoxy) is 1. The van der Waals surface area contributed by atoms with Gasteiger partial charge in [-0.25, -0.2) is 0 Å². The van der Waals surface area contributed by atoms with E-state index in [0.717, 1.165) is 24.2 Å². The summed E-state index contributed by atoms with van der Waals surface area (Å²) in [4.78, 5) is 26.3. The first-order valence-electron chi connectivity index (χ1n) is 9.06. The van der Waals surface area contributed by atoms with Crippen LogP contribution in [0.3, 0.4) is 0 Å². The minimum Gasteiger partial charge on any atom is -0.489 e. The molecule has 26 heavy (non-hydrogen) atoms. The van der Waals surface area contributed by atoms with Gasteiger partial charge in [-0.15, -0.1) is 0 Å². The van der Waals surface area contributed by atoms with Gasteiger partial charge in [0.15, 0.2) is 0 Å². The predicted octanol–water partition coefficient (Wildman–Crippen LogP) is 3.95. The number of anilines is 2. The lowest BCUT2D eigenvalue weighted by Crippen LogP contribution is -2.23. The highest BCUT2D eigenvalue weighted by Gasteiger charge is 2.31. The van der Waals surface area contributed by atoms with E-state index in [1.54, 1.807) is 11.0 Å². The fourth-order valence-corrected chi connectivity index (χ4v) is 3.61. The van der Waals surface area contributed by atoms with Crippen molar-refractivity contribution in [2.45, 2.75) is 38.7 Å². The zero-order valence-corrected chi connectivity index (χ0v) is 15.0. The number of hydrogen-bond acceptors (Lipinski definition) is 3. The third-order valence-electron chi connectivity index (χ3n) is 5.30. The second kappa shape index (κ2) is 6.48. The van der Waals surface area contributed by atoms with Crippen molar-refractivity contribution in [3.05, 3.63) is 53.6 Å². The molecule has 2 aromatic carbocycles. The Morgan fingerprint density at radius 2 is 1.92 bits per heavy atom. The molecule has 1 N–H and O–H groups in total. The maximum absolute atomic E-state index is 12.7. The van der Waals surface area contributed by atoms with Crippen LogP contribution in [0.15, 0.2) is 42.5 Å². The average Bonchev–Trinajstić information content (AvgIpc) is 3.19. The molecule has 2 amide bonds. The number of fused-ring (bicyclic) bond motifs is 1. The number of amides is 2. The summed E-state index contributed by atoms with van der Waals surface area (Å²) in [6.07, 6.45) is 1.57. The maximum Gasteiger partial charge on any atom is 0.259 e. The lowest BCUT2D eigenvalue weighted by atomic mass is 9.97. The highest BCUT2D eigenvalue weighted by molar-refractivity contribution is 6.06. The quantitative estimate of drug-likeness (QED) is 0.912. The van der Waals surface area contributed by atoms with E-state index in [1.807, 2.05) is 43.3 Å². The largest absolute Gasteiger partial charge is 0.489 e. The third kappa shape index (κ3) is 2.83. The molecule has 0 spiro atoms. The van der Waals surface area contributed by atoms with Crippen LogP contribution >= 0.6 is 0 Å². The van der Waals surface area contributed by atoms with Crippen LogP contribution in [-0.4, -0.2) is 24.5 Å². The molecule has 134 valence electrons. The van der Waals surface area contributed by atoms with E-state index in [1.165, 1.54) is 0 Å². The Labute approximate surface area is 153 Å². The normalized spacial score (nSPS) is 21.5. The molecule has 0 radical (unpaired) electrons. The van der Waals surface area contributed by atoms with Crippen molar-refractivity contribution in [1.29, 1.82) is 0 Å². The summed E-state index contributed by atoms with van der Waals surface area (Å²) in [5, 5.41) is 2.92. The van der Waals surface area contributed by atoms with Crippen LogP contribution in [0.1, 0.15) is 48.5 Å². The highest BCUT2D eigenvalue weighted by atomic mass is 16.5. The number of hydrogen-bond donors (Lipinski definition) is 1. The molecule has 0 bridgehead atoms. The van der Waals surface area contributed by atoms with Crippen molar-refractivity contribution in [3.63, 3.8) is 0 Å². The van der Waals surface area contributed by atoms with Gasteiger partial charge >= 0.3 is 0 Å². The van der Waals surface area contributed by atoms with Crippen molar-refractivity contribution < 1.29 is 14.3 Å². The molecular formula is C21H22N2O3. The van der Waals surface area contributed by atoms with Gasteiger partial charge in [0, 0.05) is 35.8 Å². The molecule has 1 saturated heterocycles. The molecule has 1 fully saturated rings. The number of rotatable bonds is 3. The van der Waals surface area contributed by atoms with Crippen LogP contribution in [0.25, 0.3) is 0 Å². The van der Waals surface area contributed by atoms with Crippen molar-refractivity contribution >= 4 is 23.2 Å². The molecule has 2 aromatic rings. The molecular weight excluding hydrogens is 328 g/mol. The molecule has 5 nitrogen and oxygen atoms in total. The number of nitrogens with zero attached hydrogens (tertiary/aromatic N) is 1. The standard InChI is InChI=1S/C21H22N2O3/c1-13-14(2)26-20-17(13)5-3-6-18(20)21(25)22-15-8-10-16(11-9-15)23-12-4-7-19(23)24/h3,5-6,8-11,13-14H,4,7,12H2,1-2H3,(H,22,25)/t13-,14+/m0/s1. The van der Waals surface area contributed by atoms with Crippen LogP contribution in [0.5, 0.6) is 5.75 Å². The first-order valence-corrected chi connectivity index (χ1v) is 9.06. The SMILES string of the molecule is C[C@@H]1c2cccc(C(=O)Nc3ccc(N4CCCC4=O)cc3)c2O[C@@H]1C. The van der Waals surface area contributed by atoms with E-state index in [0.29, 0.717) is 23.4 Å². The minimum atomic E-state index is -0.187. The van der Waals surface area contributed by atoms with E-state index >= 15 is 0 Å². The van der Waals surface area contributed by atoms with Gasteiger partial charge in [-0.2, -0.15) is 0 Å². The monoisotopic (exact) mass is 350 g/mol. The van der Waals surface area contributed by atoms with Gasteiger partial charge in [-0.1, -0.05) is 19.1 Å². The minimum absolute atomic E-state index is 0.0660. The predicted molar refractivity (Wildman–Crippen MR) is 101 cm³/mol. The Bertz CT molecular complexity index is 860. The summed E-state index contributed by atoms with van der Waals surface area (Å²) >= 11 is 0. The van der Waals surface area contributed by atoms with E-state index < -0.39 is 0 Å². The summed E-state index contributed by atoms with van der Waals surface area (Å²) < 4.78 is 5.90. The van der Waals surface area contributed by atoms with Gasteiger partial charge in [-0.3, -0.25) is 9.59 Å². The third-order valence-corrected chi connectivity index (χ3v) is 5.30. The van der Waals surface area contributed by atoms with Gasteiger partial charge in [0.1, 0.15) is 11.9 Å². The Morgan fingerprint density at radius 1 is 1.15 bits per heavy atom. The molecule has 2 atom stereocenters. The average molecular weight is 350 g/mol. The van der Waals surface area contributed by atoms with Gasteiger partial charge in [0.05, 0.1) is 5.56 Å². The van der Waals surface area contributed by atoms with Crippen molar-refractivity contribution in [3.8, 4) is 5.75 Å². The van der Waals surface area contributed by atoms with Crippen LogP contribution in [0.4, 0.5) is 11.4 Å². The molecule has 5 heteroatoms. The first-order chi connectivity index (χ1) is 12.5. The molecule has 4 rings (SSSR count). The van der Waals surface area contributed by atoms with E-state index in [2.05, 4.69) is 12.2 Å². The highest BCUT2D eigenvalue weighted by Crippen LogP contribution is 2.40. The molecule has 2 aliphatic rings. The molecule has 2 aliphatic heterocycles. The molecule has 0 aliphatic carbocycles. The second-order valence-corrected chi connectivity index (χ2v) is 6.99. The number of carbonyl (C=O) groups excluding carboxylic acids is 2. The molecule has 2 heterocycles. The number of nitrogens with one attached hydrogen (secondary N) is 1. The Balaban J connectivity index is 1.52. The zero-order chi connectivity index (χ0) is 18.3. The van der Waals surface area contributed by atoms with Crippen LogP contribution in [-0.2, 0) is 4.79 Å². The zero-order valence-electron chi connectivity index (χ0n) is 15.0.